The second kappa shape index (κ2) is 4.78. The van der Waals surface area contributed by atoms with Crippen molar-refractivity contribution >= 4 is 17.6 Å². The molecule has 5 heteroatoms. The second-order valence-corrected chi connectivity index (χ2v) is 4.36. The van der Waals surface area contributed by atoms with Crippen molar-refractivity contribution in [3.63, 3.8) is 0 Å². The molecule has 5 nitrogen and oxygen atoms in total. The number of likely N-dealkylation sites (N-methyl/N-ethyl adjacent to an activating group) is 1. The second-order valence-electron chi connectivity index (χ2n) is 4.36. The number of anilines is 1. The average molecular weight is 247 g/mol. The lowest BCUT2D eigenvalue weighted by Crippen LogP contribution is -2.31. The highest BCUT2D eigenvalue weighted by molar-refractivity contribution is 6.21. The molecule has 2 N–H and O–H groups in total. The zero-order valence-electron chi connectivity index (χ0n) is 10.6. The Morgan fingerprint density at radius 2 is 1.83 bits per heavy atom. The fourth-order valence-electron chi connectivity index (χ4n) is 2.17. The Hall–Kier alpha value is -1.88. The van der Waals surface area contributed by atoms with Crippen LogP contribution in [-0.4, -0.2) is 29.9 Å². The van der Waals surface area contributed by atoms with Gasteiger partial charge in [-0.2, -0.15) is 0 Å². The Labute approximate surface area is 106 Å². The van der Waals surface area contributed by atoms with Crippen LogP contribution >= 0.6 is 0 Å². The first kappa shape index (κ1) is 12.6. The number of carbonyl (C=O) groups is 2. The van der Waals surface area contributed by atoms with Crippen molar-refractivity contribution in [1.29, 1.82) is 0 Å². The summed E-state index contributed by atoms with van der Waals surface area (Å²) in [5.74, 6) is -0.162. The standard InChI is InChI=1S/C13H17N3O2/c1-3-11-12(17)16(13(18)15(11)2)10-6-4-9(8-14)5-7-10/h4-7,11H,3,8,14H2,1-2H3. The van der Waals surface area contributed by atoms with Gasteiger partial charge < -0.3 is 10.6 Å². The Balaban J connectivity index is 2.32. The Morgan fingerprint density at radius 1 is 1.22 bits per heavy atom. The topological polar surface area (TPSA) is 66.6 Å². The molecule has 18 heavy (non-hydrogen) atoms. The van der Waals surface area contributed by atoms with Crippen LogP contribution in [0.2, 0.25) is 0 Å². The lowest BCUT2D eigenvalue weighted by molar-refractivity contribution is -0.119. The summed E-state index contributed by atoms with van der Waals surface area (Å²) < 4.78 is 0. The molecule has 0 saturated carbocycles. The largest absolute Gasteiger partial charge is 0.331 e. The molecule has 1 fully saturated rings. The van der Waals surface area contributed by atoms with Gasteiger partial charge in [0.15, 0.2) is 0 Å². The summed E-state index contributed by atoms with van der Waals surface area (Å²) in [6.45, 7) is 2.34. The number of amides is 3. The van der Waals surface area contributed by atoms with Gasteiger partial charge >= 0.3 is 6.03 Å². The van der Waals surface area contributed by atoms with E-state index < -0.39 is 0 Å². The molecule has 0 spiro atoms. The van der Waals surface area contributed by atoms with Crippen LogP contribution in [0, 0.1) is 0 Å². The van der Waals surface area contributed by atoms with Crippen LogP contribution in [0.4, 0.5) is 10.5 Å². The van der Waals surface area contributed by atoms with Gasteiger partial charge in [-0.1, -0.05) is 19.1 Å². The molecule has 0 bridgehead atoms. The summed E-state index contributed by atoms with van der Waals surface area (Å²) in [5.41, 5.74) is 7.09. The first-order valence-corrected chi connectivity index (χ1v) is 6.00. The van der Waals surface area contributed by atoms with Gasteiger partial charge in [0.1, 0.15) is 6.04 Å². The van der Waals surface area contributed by atoms with Crippen molar-refractivity contribution in [2.75, 3.05) is 11.9 Å². The molecule has 0 aromatic heterocycles. The normalized spacial score (nSPS) is 19.8. The van der Waals surface area contributed by atoms with Crippen LogP contribution in [0.5, 0.6) is 0 Å². The first-order chi connectivity index (χ1) is 8.60. The van der Waals surface area contributed by atoms with Gasteiger partial charge in [0.2, 0.25) is 0 Å². The fourth-order valence-corrected chi connectivity index (χ4v) is 2.17. The molecule has 0 aliphatic carbocycles. The van der Waals surface area contributed by atoms with Gasteiger partial charge in [-0.05, 0) is 24.1 Å². The highest BCUT2D eigenvalue weighted by Gasteiger charge is 2.42. The summed E-state index contributed by atoms with van der Waals surface area (Å²) >= 11 is 0. The van der Waals surface area contributed by atoms with Gasteiger partial charge in [0, 0.05) is 13.6 Å². The molecule has 2 rings (SSSR count). The van der Waals surface area contributed by atoms with Gasteiger partial charge in [0.05, 0.1) is 5.69 Å². The number of hydrogen-bond donors (Lipinski definition) is 1. The third kappa shape index (κ3) is 1.86. The number of rotatable bonds is 3. The van der Waals surface area contributed by atoms with Crippen molar-refractivity contribution in [1.82, 2.24) is 4.90 Å². The van der Waals surface area contributed by atoms with Crippen molar-refractivity contribution in [2.24, 2.45) is 5.73 Å². The average Bonchev–Trinajstić information content (AvgIpc) is 2.60. The minimum atomic E-state index is -0.355. The smallest absolute Gasteiger partial charge is 0.326 e. The minimum absolute atomic E-state index is 0.162. The molecule has 1 aromatic rings. The van der Waals surface area contributed by atoms with Crippen molar-refractivity contribution in [2.45, 2.75) is 25.9 Å². The molecule has 1 saturated heterocycles. The van der Waals surface area contributed by atoms with E-state index in [0.29, 0.717) is 18.7 Å². The molecule has 1 atom stereocenters. The number of nitrogens with two attached hydrogens (primary N) is 1. The van der Waals surface area contributed by atoms with E-state index in [1.165, 1.54) is 9.80 Å². The Bertz CT molecular complexity index is 470. The number of benzene rings is 1. The van der Waals surface area contributed by atoms with E-state index in [4.69, 9.17) is 5.73 Å². The summed E-state index contributed by atoms with van der Waals surface area (Å²) in [4.78, 5) is 26.9. The fraction of sp³-hybridized carbons (Fsp3) is 0.385. The molecular formula is C13H17N3O2. The third-order valence-corrected chi connectivity index (χ3v) is 3.28. The Kier molecular flexibility index (Phi) is 3.34. The van der Waals surface area contributed by atoms with Crippen LogP contribution in [-0.2, 0) is 11.3 Å². The van der Waals surface area contributed by atoms with Gasteiger partial charge in [0.25, 0.3) is 5.91 Å². The summed E-state index contributed by atoms with van der Waals surface area (Å²) in [6, 6.07) is 6.54. The zero-order valence-corrected chi connectivity index (χ0v) is 10.6. The van der Waals surface area contributed by atoms with Gasteiger partial charge in [-0.3, -0.25) is 4.79 Å². The summed E-state index contributed by atoms with van der Waals surface area (Å²) in [5, 5.41) is 0. The van der Waals surface area contributed by atoms with Crippen molar-refractivity contribution in [3.8, 4) is 0 Å². The predicted octanol–water partition coefficient (Wildman–Crippen LogP) is 1.32. The number of urea groups is 1. The molecule has 1 unspecified atom stereocenters. The molecule has 1 aromatic carbocycles. The highest BCUT2D eigenvalue weighted by atomic mass is 16.2. The predicted molar refractivity (Wildman–Crippen MR) is 69.1 cm³/mol. The highest BCUT2D eigenvalue weighted by Crippen LogP contribution is 2.25. The molecule has 1 aliphatic heterocycles. The molecule has 1 aliphatic rings. The maximum atomic E-state index is 12.2. The lowest BCUT2D eigenvalue weighted by Gasteiger charge is -2.14. The minimum Gasteiger partial charge on any atom is -0.326 e. The van der Waals surface area contributed by atoms with E-state index >= 15 is 0 Å². The number of nitrogens with zero attached hydrogens (tertiary/aromatic N) is 2. The summed E-state index contributed by atoms with van der Waals surface area (Å²) in [7, 11) is 1.66. The lowest BCUT2D eigenvalue weighted by atomic mass is 10.2. The van der Waals surface area contributed by atoms with E-state index in [1.54, 1.807) is 19.2 Å². The molecule has 3 amide bonds. The SMILES string of the molecule is CCC1C(=O)N(c2ccc(CN)cc2)C(=O)N1C. The molecular weight excluding hydrogens is 230 g/mol. The van der Waals surface area contributed by atoms with Gasteiger partial charge in [-0.15, -0.1) is 0 Å². The third-order valence-electron chi connectivity index (χ3n) is 3.28. The van der Waals surface area contributed by atoms with Crippen LogP contribution < -0.4 is 10.6 Å². The van der Waals surface area contributed by atoms with E-state index in [-0.39, 0.29) is 18.0 Å². The number of hydrogen-bond acceptors (Lipinski definition) is 3. The first-order valence-electron chi connectivity index (χ1n) is 6.00. The molecule has 96 valence electrons. The maximum absolute atomic E-state index is 12.2. The summed E-state index contributed by atoms with van der Waals surface area (Å²) in [6.07, 6.45) is 0.623. The molecule has 0 radical (unpaired) electrons. The van der Waals surface area contributed by atoms with Crippen LogP contribution in [0.1, 0.15) is 18.9 Å². The van der Waals surface area contributed by atoms with E-state index in [0.717, 1.165) is 5.56 Å². The van der Waals surface area contributed by atoms with Crippen molar-refractivity contribution < 1.29 is 9.59 Å². The quantitative estimate of drug-likeness (QED) is 0.819. The number of carbonyl (C=O) groups excluding carboxylic acids is 2. The monoisotopic (exact) mass is 247 g/mol. The van der Waals surface area contributed by atoms with Crippen LogP contribution in [0.15, 0.2) is 24.3 Å². The van der Waals surface area contributed by atoms with E-state index in [1.807, 2.05) is 19.1 Å². The van der Waals surface area contributed by atoms with Crippen molar-refractivity contribution in [3.05, 3.63) is 29.8 Å². The van der Waals surface area contributed by atoms with Crippen LogP contribution in [0.25, 0.3) is 0 Å². The molecule has 1 heterocycles. The number of imide groups is 1. The van der Waals surface area contributed by atoms with E-state index in [9.17, 15) is 9.59 Å². The van der Waals surface area contributed by atoms with Crippen LogP contribution in [0.3, 0.4) is 0 Å². The Morgan fingerprint density at radius 3 is 2.28 bits per heavy atom. The zero-order chi connectivity index (χ0) is 13.3. The maximum Gasteiger partial charge on any atom is 0.331 e. The van der Waals surface area contributed by atoms with Gasteiger partial charge in [-0.25, -0.2) is 9.69 Å². The van der Waals surface area contributed by atoms with E-state index in [2.05, 4.69) is 0 Å².